The highest BCUT2D eigenvalue weighted by atomic mass is 16.2. The van der Waals surface area contributed by atoms with Crippen molar-refractivity contribution >= 4 is 35.4 Å². The molecule has 0 radical (unpaired) electrons. The van der Waals surface area contributed by atoms with Gasteiger partial charge in [-0.2, -0.15) is 0 Å². The second-order valence-electron chi connectivity index (χ2n) is 19.8. The molecule has 1 unspecified atom stereocenters. The van der Waals surface area contributed by atoms with Crippen LogP contribution in [0.5, 0.6) is 0 Å². The minimum atomic E-state index is -0.748. The first-order chi connectivity index (χ1) is 33.2. The van der Waals surface area contributed by atoms with Gasteiger partial charge in [0.1, 0.15) is 0 Å². The number of benzene rings is 4. The zero-order valence-electron chi connectivity index (χ0n) is 37.7. The number of nitrogens with one attached hydrogen (secondary N) is 4. The molecule has 4 aliphatic carbocycles. The zero-order valence-corrected chi connectivity index (χ0v) is 37.7. The molecule has 0 bridgehead atoms. The fourth-order valence-corrected chi connectivity index (χ4v) is 10.9. The molecule has 6 aliphatic rings. The van der Waals surface area contributed by atoms with Gasteiger partial charge in [0.2, 0.25) is 23.6 Å². The summed E-state index contributed by atoms with van der Waals surface area (Å²) in [5, 5.41) is 12.7. The van der Waals surface area contributed by atoms with E-state index in [4.69, 9.17) is 0 Å². The highest BCUT2D eigenvalue weighted by Gasteiger charge is 2.51. The minimum absolute atomic E-state index is 0.0348. The molecule has 4 aromatic carbocycles. The van der Waals surface area contributed by atoms with Gasteiger partial charge in [0, 0.05) is 97.5 Å². The number of aromatic nitrogens is 1. The van der Waals surface area contributed by atoms with Crippen molar-refractivity contribution in [2.24, 2.45) is 23.7 Å². The Balaban J connectivity index is 0.756. The fourth-order valence-electron chi connectivity index (χ4n) is 10.9. The van der Waals surface area contributed by atoms with Crippen LogP contribution in [-0.4, -0.2) is 101 Å². The van der Waals surface area contributed by atoms with Gasteiger partial charge in [0.15, 0.2) is 0 Å². The number of carbonyl (C=O) groups is 6. The number of hydrogen-bond donors (Lipinski definition) is 4. The molecule has 13 nitrogen and oxygen atoms in total. The van der Waals surface area contributed by atoms with Crippen molar-refractivity contribution in [2.75, 3.05) is 26.2 Å². The molecular formula is C55H55N7O6. The lowest BCUT2D eigenvalue weighted by Crippen LogP contribution is -2.43. The molecule has 346 valence electrons. The van der Waals surface area contributed by atoms with Crippen molar-refractivity contribution in [3.8, 4) is 0 Å². The summed E-state index contributed by atoms with van der Waals surface area (Å²) in [5.74, 6) is -3.83. The zero-order chi connectivity index (χ0) is 46.5. The Morgan fingerprint density at radius 1 is 0.382 bits per heavy atom. The number of pyridine rings is 1. The molecule has 68 heavy (non-hydrogen) atoms. The van der Waals surface area contributed by atoms with Gasteiger partial charge in [-0.15, -0.1) is 0 Å². The van der Waals surface area contributed by atoms with Crippen LogP contribution in [0.2, 0.25) is 0 Å². The second kappa shape index (κ2) is 18.2. The van der Waals surface area contributed by atoms with E-state index < -0.39 is 23.7 Å². The van der Waals surface area contributed by atoms with Gasteiger partial charge in [0.25, 0.3) is 11.8 Å². The standard InChI is InChI=1S/C55H55N7O6/c63-50(57-46-23-38(46)32-11-4-1-5-12-32)42-28-61(29-43(42)51(64)58-47-24-39(47)33-13-6-2-7-14-33)54(67)35-18-20-36(21-19-35)55(68)62-30-44(52(65)59-48-25-40(48)34-15-8-3-9-16-34)45(31-62)53(66)60-49-26-41(49)37-17-10-22-56-27-37/h1-22,27,38-49H,23-26,28-31H2,(H,57,63)(H,58,64)(H,59,65)(H,60,66)/t38-,39-,40-,41-,42-,43-,44-,45-,46+,47?,48+,49+/m1/s1. The molecule has 6 fully saturated rings. The third-order valence-corrected chi connectivity index (χ3v) is 15.2. The third kappa shape index (κ3) is 9.13. The molecule has 4 saturated carbocycles. The SMILES string of the molecule is O=C(NC1C[C@@H]1c1ccccc1)[C@@H]1CN(C(=O)c2ccc(C(=O)N3C[C@@H](C(=O)N[C@H]4C[C@@H]4c4ccccc4)[C@H](C(=O)N[C@H]4C[C@@H]4c4cccnc4)C3)cc2)C[C@H]1C(=O)N[C@H]1C[C@@H]1c1ccccc1. The normalized spacial score (nSPS) is 29.6. The Hall–Kier alpha value is -7.15. The molecule has 13 heteroatoms. The monoisotopic (exact) mass is 909 g/mol. The summed E-state index contributed by atoms with van der Waals surface area (Å²) in [6.45, 7) is 0.303. The Morgan fingerprint density at radius 3 is 0.971 bits per heavy atom. The number of amides is 6. The number of likely N-dealkylation sites (tertiary alicyclic amines) is 2. The fraction of sp³-hybridized carbons (Fsp3) is 0.364. The van der Waals surface area contributed by atoms with Gasteiger partial charge >= 0.3 is 0 Å². The van der Waals surface area contributed by atoms with E-state index in [-0.39, 0.29) is 109 Å². The van der Waals surface area contributed by atoms with E-state index >= 15 is 0 Å². The quantitative estimate of drug-likeness (QED) is 0.120. The van der Waals surface area contributed by atoms with Gasteiger partial charge in [-0.05, 0) is 78.3 Å². The maximum absolute atomic E-state index is 14.2. The summed E-state index contributed by atoms with van der Waals surface area (Å²) >= 11 is 0. The molecular weight excluding hydrogens is 855 g/mol. The predicted molar refractivity (Wildman–Crippen MR) is 253 cm³/mol. The molecule has 2 aliphatic heterocycles. The molecule has 1 aromatic heterocycles. The van der Waals surface area contributed by atoms with Crippen LogP contribution in [0.3, 0.4) is 0 Å². The summed E-state index contributed by atoms with van der Waals surface area (Å²) in [6, 6.07) is 40.2. The van der Waals surface area contributed by atoms with Gasteiger partial charge in [-0.25, -0.2) is 0 Å². The van der Waals surface area contributed by atoms with Gasteiger partial charge in [-0.3, -0.25) is 33.8 Å². The lowest BCUT2D eigenvalue weighted by Gasteiger charge is -2.18. The minimum Gasteiger partial charge on any atom is -0.352 e. The number of hydrogen-bond acceptors (Lipinski definition) is 7. The van der Waals surface area contributed by atoms with Gasteiger partial charge < -0.3 is 31.1 Å². The Bertz CT molecular complexity index is 2370. The Labute approximate surface area is 395 Å². The highest BCUT2D eigenvalue weighted by molar-refractivity contribution is 6.00. The maximum atomic E-state index is 14.2. The lowest BCUT2D eigenvalue weighted by molar-refractivity contribution is -0.133. The highest BCUT2D eigenvalue weighted by Crippen LogP contribution is 2.44. The molecule has 4 N–H and O–H groups in total. The first-order valence-corrected chi connectivity index (χ1v) is 24.1. The molecule has 2 saturated heterocycles. The van der Waals surface area contributed by atoms with E-state index in [1.54, 1.807) is 40.3 Å². The summed E-state index contributed by atoms with van der Waals surface area (Å²) in [6.07, 6.45) is 6.75. The van der Waals surface area contributed by atoms with Crippen LogP contribution in [0.25, 0.3) is 0 Å². The predicted octanol–water partition coefficient (Wildman–Crippen LogP) is 5.15. The molecule has 5 aromatic rings. The van der Waals surface area contributed by atoms with Crippen molar-refractivity contribution in [3.05, 3.63) is 173 Å². The largest absolute Gasteiger partial charge is 0.352 e. The first-order valence-electron chi connectivity index (χ1n) is 24.1. The van der Waals surface area contributed by atoms with Crippen molar-refractivity contribution < 1.29 is 28.8 Å². The number of carbonyl (C=O) groups excluding carboxylic acids is 6. The van der Waals surface area contributed by atoms with Crippen LogP contribution < -0.4 is 21.3 Å². The molecule has 11 rings (SSSR count). The van der Waals surface area contributed by atoms with E-state index in [1.807, 2.05) is 72.9 Å². The maximum Gasteiger partial charge on any atom is 0.253 e. The van der Waals surface area contributed by atoms with Crippen LogP contribution in [0.4, 0.5) is 0 Å². The van der Waals surface area contributed by atoms with E-state index in [0.29, 0.717) is 11.1 Å². The van der Waals surface area contributed by atoms with Crippen LogP contribution in [0.1, 0.15) is 92.3 Å². The van der Waals surface area contributed by atoms with Crippen LogP contribution >= 0.6 is 0 Å². The molecule has 3 heterocycles. The van der Waals surface area contributed by atoms with Crippen molar-refractivity contribution in [1.82, 2.24) is 36.1 Å². The van der Waals surface area contributed by atoms with Crippen molar-refractivity contribution in [2.45, 2.75) is 73.5 Å². The average molecular weight is 910 g/mol. The Kier molecular flexibility index (Phi) is 11.6. The first kappa shape index (κ1) is 43.4. The van der Waals surface area contributed by atoms with Crippen LogP contribution in [-0.2, 0) is 19.2 Å². The van der Waals surface area contributed by atoms with Crippen molar-refractivity contribution in [3.63, 3.8) is 0 Å². The lowest BCUT2D eigenvalue weighted by atomic mass is 9.94. The van der Waals surface area contributed by atoms with Crippen LogP contribution in [0.15, 0.2) is 140 Å². The average Bonchev–Trinajstić information content (AvgIpc) is 4.31. The van der Waals surface area contributed by atoms with E-state index in [9.17, 15) is 28.8 Å². The summed E-state index contributed by atoms with van der Waals surface area (Å²) in [4.78, 5) is 91.7. The summed E-state index contributed by atoms with van der Waals surface area (Å²) < 4.78 is 0. The van der Waals surface area contributed by atoms with E-state index in [1.165, 1.54) is 0 Å². The number of rotatable bonds is 14. The number of nitrogens with zero attached hydrogens (tertiary/aromatic N) is 3. The third-order valence-electron chi connectivity index (χ3n) is 15.2. The molecule has 6 amide bonds. The summed E-state index contributed by atoms with van der Waals surface area (Å²) in [7, 11) is 0. The van der Waals surface area contributed by atoms with Gasteiger partial charge in [-0.1, -0.05) is 97.1 Å². The topological polar surface area (TPSA) is 170 Å². The molecule has 0 spiro atoms. The molecule has 12 atom stereocenters. The van der Waals surface area contributed by atoms with Crippen molar-refractivity contribution in [1.29, 1.82) is 0 Å². The van der Waals surface area contributed by atoms with Gasteiger partial charge in [0.05, 0.1) is 23.7 Å². The smallest absolute Gasteiger partial charge is 0.253 e. The van der Waals surface area contributed by atoms with E-state index in [2.05, 4.69) is 62.6 Å². The van der Waals surface area contributed by atoms with Crippen LogP contribution in [0, 0.1) is 23.7 Å². The Morgan fingerprint density at radius 2 is 0.676 bits per heavy atom. The summed E-state index contributed by atoms with van der Waals surface area (Å²) in [5.41, 5.74) is 5.17. The second-order valence-corrected chi connectivity index (χ2v) is 19.8. The van der Waals surface area contributed by atoms with E-state index in [0.717, 1.165) is 47.9 Å².